The van der Waals surface area contributed by atoms with Crippen LogP contribution in [-0.2, 0) is 6.42 Å². The Hall–Kier alpha value is -2.61. The van der Waals surface area contributed by atoms with Crippen LogP contribution in [0.25, 0.3) is 11.3 Å². The van der Waals surface area contributed by atoms with Crippen LogP contribution in [0, 0.1) is 20.8 Å². The second-order valence-corrected chi connectivity index (χ2v) is 8.05. The first-order chi connectivity index (χ1) is 13.5. The second kappa shape index (κ2) is 7.79. The molecule has 8 heteroatoms. The quantitative estimate of drug-likeness (QED) is 0.652. The average Bonchev–Trinajstić information content (AvgIpc) is 3.41. The standard InChI is InChI=1S/C20H23N5O2S/c1-12-18(14(3)27-24-12)17-10-21-15(9-22-17)6-7-16-5-4-8-25(16)20(26)19-13(2)23-11-28-19/h9-11,16H,4-8H2,1-3H3. The molecule has 0 N–H and O–H groups in total. The molecule has 0 bridgehead atoms. The van der Waals surface area contributed by atoms with Crippen molar-refractivity contribution in [2.24, 2.45) is 0 Å². The minimum atomic E-state index is 0.113. The molecule has 0 saturated carbocycles. The number of nitrogens with zero attached hydrogens (tertiary/aromatic N) is 5. The molecule has 1 unspecified atom stereocenters. The normalized spacial score (nSPS) is 16.7. The van der Waals surface area contributed by atoms with E-state index in [0.717, 1.165) is 71.2 Å². The molecule has 0 radical (unpaired) electrons. The average molecular weight is 398 g/mol. The third-order valence-corrected chi connectivity index (χ3v) is 6.22. The molecule has 1 amide bonds. The zero-order chi connectivity index (χ0) is 19.7. The number of aromatic nitrogens is 4. The van der Waals surface area contributed by atoms with Gasteiger partial charge in [-0.25, -0.2) is 4.98 Å². The lowest BCUT2D eigenvalue weighted by molar-refractivity contribution is 0.0734. The van der Waals surface area contributed by atoms with Crippen molar-refractivity contribution in [2.75, 3.05) is 6.54 Å². The third kappa shape index (κ3) is 3.56. The summed E-state index contributed by atoms with van der Waals surface area (Å²) < 4.78 is 5.21. The van der Waals surface area contributed by atoms with Gasteiger partial charge in [0.25, 0.3) is 5.91 Å². The van der Waals surface area contributed by atoms with Crippen molar-refractivity contribution < 1.29 is 9.32 Å². The summed E-state index contributed by atoms with van der Waals surface area (Å²) in [5.74, 6) is 0.861. The van der Waals surface area contributed by atoms with Crippen molar-refractivity contribution in [3.8, 4) is 11.3 Å². The van der Waals surface area contributed by atoms with Crippen molar-refractivity contribution in [3.05, 3.63) is 45.6 Å². The summed E-state index contributed by atoms with van der Waals surface area (Å²) in [5, 5.41) is 3.97. The summed E-state index contributed by atoms with van der Waals surface area (Å²) in [6.07, 6.45) is 7.36. The Bertz CT molecular complexity index is 959. The van der Waals surface area contributed by atoms with E-state index in [1.807, 2.05) is 31.9 Å². The van der Waals surface area contributed by atoms with Crippen molar-refractivity contribution in [1.29, 1.82) is 0 Å². The van der Waals surface area contributed by atoms with Gasteiger partial charge in [-0.05, 0) is 46.5 Å². The molecular weight excluding hydrogens is 374 g/mol. The van der Waals surface area contributed by atoms with Crippen LogP contribution in [0.4, 0.5) is 0 Å². The molecule has 7 nitrogen and oxygen atoms in total. The van der Waals surface area contributed by atoms with Gasteiger partial charge in [0.1, 0.15) is 10.6 Å². The van der Waals surface area contributed by atoms with E-state index >= 15 is 0 Å². The van der Waals surface area contributed by atoms with E-state index in [9.17, 15) is 4.79 Å². The summed E-state index contributed by atoms with van der Waals surface area (Å²) in [6.45, 7) is 6.49. The number of amides is 1. The molecule has 4 heterocycles. The Balaban J connectivity index is 1.41. The van der Waals surface area contributed by atoms with Gasteiger partial charge in [-0.1, -0.05) is 5.16 Å². The number of hydrogen-bond donors (Lipinski definition) is 0. The summed E-state index contributed by atoms with van der Waals surface area (Å²) >= 11 is 1.43. The van der Waals surface area contributed by atoms with E-state index < -0.39 is 0 Å². The van der Waals surface area contributed by atoms with Gasteiger partial charge in [0.2, 0.25) is 0 Å². The Morgan fingerprint density at radius 1 is 1.21 bits per heavy atom. The Labute approximate surface area is 167 Å². The molecule has 3 aromatic heterocycles. The Kier molecular flexibility index (Phi) is 5.21. The van der Waals surface area contributed by atoms with Crippen molar-refractivity contribution in [1.82, 2.24) is 25.0 Å². The molecule has 0 aromatic carbocycles. The SMILES string of the molecule is Cc1ncsc1C(=O)N1CCCC1CCc1cnc(-c2c(C)noc2C)cn1. The second-order valence-electron chi connectivity index (χ2n) is 7.19. The van der Waals surface area contributed by atoms with Gasteiger partial charge in [-0.15, -0.1) is 11.3 Å². The molecule has 1 saturated heterocycles. The predicted molar refractivity (Wildman–Crippen MR) is 106 cm³/mol. The maximum Gasteiger partial charge on any atom is 0.266 e. The Morgan fingerprint density at radius 2 is 2.07 bits per heavy atom. The van der Waals surface area contributed by atoms with Gasteiger partial charge >= 0.3 is 0 Å². The van der Waals surface area contributed by atoms with Gasteiger partial charge in [0.15, 0.2) is 0 Å². The van der Waals surface area contributed by atoms with E-state index in [4.69, 9.17) is 4.52 Å². The monoisotopic (exact) mass is 397 g/mol. The van der Waals surface area contributed by atoms with E-state index in [1.165, 1.54) is 11.3 Å². The maximum absolute atomic E-state index is 12.8. The van der Waals surface area contributed by atoms with E-state index in [2.05, 4.69) is 20.1 Å². The fourth-order valence-corrected chi connectivity index (χ4v) is 4.57. The molecule has 3 aromatic rings. The largest absolute Gasteiger partial charge is 0.361 e. The van der Waals surface area contributed by atoms with Crippen molar-refractivity contribution in [2.45, 2.75) is 52.5 Å². The van der Waals surface area contributed by atoms with E-state index in [-0.39, 0.29) is 11.9 Å². The molecule has 0 spiro atoms. The maximum atomic E-state index is 12.8. The van der Waals surface area contributed by atoms with E-state index in [0.29, 0.717) is 0 Å². The van der Waals surface area contributed by atoms with Crippen LogP contribution in [0.1, 0.15) is 51.8 Å². The minimum Gasteiger partial charge on any atom is -0.361 e. The number of rotatable bonds is 5. The highest BCUT2D eigenvalue weighted by Gasteiger charge is 2.30. The van der Waals surface area contributed by atoms with Crippen LogP contribution in [-0.4, -0.2) is 43.5 Å². The third-order valence-electron chi connectivity index (χ3n) is 5.31. The van der Waals surface area contributed by atoms with Crippen molar-refractivity contribution in [3.63, 3.8) is 0 Å². The highest BCUT2D eigenvalue weighted by atomic mass is 32.1. The molecule has 0 aliphatic carbocycles. The molecule has 1 fully saturated rings. The van der Waals surface area contributed by atoms with Gasteiger partial charge in [0, 0.05) is 18.8 Å². The molecule has 146 valence electrons. The molecule has 1 atom stereocenters. The first-order valence-electron chi connectivity index (χ1n) is 9.50. The number of thiazole rings is 1. The number of hydrogen-bond acceptors (Lipinski definition) is 7. The summed E-state index contributed by atoms with van der Waals surface area (Å²) in [5.41, 5.74) is 6.00. The number of likely N-dealkylation sites (tertiary alicyclic amines) is 1. The van der Waals surface area contributed by atoms with Crippen LogP contribution >= 0.6 is 11.3 Å². The zero-order valence-electron chi connectivity index (χ0n) is 16.3. The van der Waals surface area contributed by atoms with Crippen LogP contribution in [0.3, 0.4) is 0 Å². The summed E-state index contributed by atoms with van der Waals surface area (Å²) in [6, 6.07) is 0.248. The lowest BCUT2D eigenvalue weighted by Gasteiger charge is -2.24. The Morgan fingerprint density at radius 3 is 2.71 bits per heavy atom. The minimum absolute atomic E-state index is 0.113. The summed E-state index contributed by atoms with van der Waals surface area (Å²) in [7, 11) is 0. The number of carbonyl (C=O) groups is 1. The highest BCUT2D eigenvalue weighted by molar-refractivity contribution is 7.11. The van der Waals surface area contributed by atoms with E-state index in [1.54, 1.807) is 11.7 Å². The molecular formula is C20H23N5O2S. The zero-order valence-corrected chi connectivity index (χ0v) is 17.1. The lowest BCUT2D eigenvalue weighted by atomic mass is 10.1. The molecule has 1 aliphatic rings. The van der Waals surface area contributed by atoms with Crippen molar-refractivity contribution >= 4 is 17.2 Å². The van der Waals surface area contributed by atoms with Gasteiger partial charge < -0.3 is 9.42 Å². The first kappa shape index (κ1) is 18.7. The predicted octanol–water partition coefficient (Wildman–Crippen LogP) is 3.75. The lowest BCUT2D eigenvalue weighted by Crippen LogP contribution is -2.35. The number of carbonyl (C=O) groups excluding carboxylic acids is 1. The topological polar surface area (TPSA) is 85.0 Å². The molecule has 1 aliphatic heterocycles. The van der Waals surface area contributed by atoms with Crippen LogP contribution in [0.5, 0.6) is 0 Å². The number of aryl methyl sites for hydroxylation is 4. The van der Waals surface area contributed by atoms with Gasteiger partial charge in [-0.3, -0.25) is 14.8 Å². The van der Waals surface area contributed by atoms with Gasteiger partial charge in [0.05, 0.1) is 40.0 Å². The highest BCUT2D eigenvalue weighted by Crippen LogP contribution is 2.27. The van der Waals surface area contributed by atoms with Crippen LogP contribution in [0.2, 0.25) is 0 Å². The fraction of sp³-hybridized carbons (Fsp3) is 0.450. The molecule has 4 rings (SSSR count). The van der Waals surface area contributed by atoms with Gasteiger partial charge in [-0.2, -0.15) is 0 Å². The van der Waals surface area contributed by atoms with Crippen LogP contribution < -0.4 is 0 Å². The fourth-order valence-electron chi connectivity index (χ4n) is 3.82. The summed E-state index contributed by atoms with van der Waals surface area (Å²) in [4.78, 5) is 28.9. The molecule has 28 heavy (non-hydrogen) atoms. The first-order valence-corrected chi connectivity index (χ1v) is 10.4. The smallest absolute Gasteiger partial charge is 0.266 e. The van der Waals surface area contributed by atoms with Crippen LogP contribution in [0.15, 0.2) is 22.4 Å².